The van der Waals surface area contributed by atoms with Gasteiger partial charge in [0.2, 0.25) is 0 Å². The number of nitrogens with zero attached hydrogens (tertiary/aromatic N) is 2. The first-order chi connectivity index (χ1) is 17.2. The monoisotopic (exact) mass is 492 g/mol. The molecule has 1 unspecified atom stereocenters. The highest BCUT2D eigenvalue weighted by atomic mass is 19.4. The lowest BCUT2D eigenvalue weighted by Gasteiger charge is -2.19. The minimum Gasteiger partial charge on any atom is -0.497 e. The maximum Gasteiger partial charge on any atom is 0.416 e. The Bertz CT molecular complexity index is 1400. The molecule has 0 N–H and O–H groups in total. The summed E-state index contributed by atoms with van der Waals surface area (Å²) in [5.74, 6) is 0.280. The number of hydrogen-bond acceptors (Lipinski definition) is 4. The van der Waals surface area contributed by atoms with E-state index in [1.165, 1.54) is 18.2 Å². The molecule has 0 aliphatic rings. The van der Waals surface area contributed by atoms with Gasteiger partial charge in [0, 0.05) is 24.5 Å². The molecule has 0 aliphatic heterocycles. The van der Waals surface area contributed by atoms with E-state index in [9.17, 15) is 22.8 Å². The Morgan fingerprint density at radius 1 is 0.917 bits per heavy atom. The summed E-state index contributed by atoms with van der Waals surface area (Å²) in [6.45, 7) is 0. The lowest BCUT2D eigenvalue weighted by atomic mass is 9.97. The molecule has 184 valence electrons. The molecule has 3 aromatic carbocycles. The minimum atomic E-state index is -4.46. The van der Waals surface area contributed by atoms with Crippen molar-refractivity contribution in [2.75, 3.05) is 7.11 Å². The Balaban J connectivity index is 1.70. The summed E-state index contributed by atoms with van der Waals surface area (Å²) in [5, 5.41) is 4.50. The van der Waals surface area contributed by atoms with Crippen LogP contribution in [0.3, 0.4) is 0 Å². The molecule has 0 amide bonds. The number of aromatic nitrogens is 2. The lowest BCUT2D eigenvalue weighted by molar-refractivity contribution is -0.137. The van der Waals surface area contributed by atoms with Crippen LogP contribution in [0.15, 0.2) is 95.8 Å². The summed E-state index contributed by atoms with van der Waals surface area (Å²) in [6.07, 6.45) is -4.40. The second-order valence-corrected chi connectivity index (χ2v) is 8.28. The number of carbonyl (C=O) groups is 1. The maximum absolute atomic E-state index is 13.5. The molecule has 36 heavy (non-hydrogen) atoms. The van der Waals surface area contributed by atoms with Crippen LogP contribution in [0.25, 0.3) is 11.3 Å². The van der Waals surface area contributed by atoms with Crippen molar-refractivity contribution in [3.05, 3.63) is 118 Å². The number of carbonyl (C=O) groups excluding carboxylic acids is 1. The molecule has 8 heteroatoms. The zero-order valence-corrected chi connectivity index (χ0v) is 19.4. The van der Waals surface area contributed by atoms with Crippen LogP contribution >= 0.6 is 0 Å². The second kappa shape index (κ2) is 10.6. The van der Waals surface area contributed by atoms with Crippen molar-refractivity contribution in [1.29, 1.82) is 0 Å². The van der Waals surface area contributed by atoms with Crippen LogP contribution in [0.1, 0.15) is 22.7 Å². The van der Waals surface area contributed by atoms with Gasteiger partial charge in [0.1, 0.15) is 11.8 Å². The van der Waals surface area contributed by atoms with Crippen LogP contribution in [0, 0.1) is 0 Å². The van der Waals surface area contributed by atoms with Gasteiger partial charge in [-0.1, -0.05) is 54.6 Å². The number of alkyl halides is 3. The van der Waals surface area contributed by atoms with Crippen molar-refractivity contribution in [3.8, 4) is 17.0 Å². The molecular formula is C28H23F3N2O3. The largest absolute Gasteiger partial charge is 0.497 e. The average Bonchev–Trinajstić information content (AvgIpc) is 2.88. The first-order valence-electron chi connectivity index (χ1n) is 11.2. The summed E-state index contributed by atoms with van der Waals surface area (Å²) in [5.41, 5.74) is 1.18. The van der Waals surface area contributed by atoms with E-state index in [4.69, 9.17) is 4.74 Å². The van der Waals surface area contributed by atoms with Gasteiger partial charge in [-0.25, -0.2) is 4.68 Å². The number of benzene rings is 3. The van der Waals surface area contributed by atoms with Gasteiger partial charge in [0.25, 0.3) is 5.56 Å². The SMILES string of the molecule is COc1cccc(-c2ccc(=O)n(C(Cc3ccccc3)C(=O)Cc3ccc(C(F)(F)F)cc3)n2)c1. The van der Waals surface area contributed by atoms with E-state index in [-0.39, 0.29) is 18.6 Å². The summed E-state index contributed by atoms with van der Waals surface area (Å²) in [7, 11) is 1.54. The van der Waals surface area contributed by atoms with Gasteiger partial charge in [-0.3, -0.25) is 9.59 Å². The number of ketones is 1. The van der Waals surface area contributed by atoms with Gasteiger partial charge in [-0.15, -0.1) is 0 Å². The molecule has 0 aliphatic carbocycles. The summed E-state index contributed by atoms with van der Waals surface area (Å²) >= 11 is 0. The quantitative estimate of drug-likeness (QED) is 0.324. The van der Waals surface area contributed by atoms with Crippen molar-refractivity contribution >= 4 is 5.78 Å². The number of methoxy groups -OCH3 is 1. The highest BCUT2D eigenvalue weighted by molar-refractivity contribution is 5.85. The van der Waals surface area contributed by atoms with E-state index in [0.29, 0.717) is 22.6 Å². The van der Waals surface area contributed by atoms with Gasteiger partial charge in [-0.05, 0) is 41.5 Å². The van der Waals surface area contributed by atoms with E-state index in [1.807, 2.05) is 36.4 Å². The zero-order valence-electron chi connectivity index (χ0n) is 19.4. The molecule has 0 radical (unpaired) electrons. The second-order valence-electron chi connectivity index (χ2n) is 8.28. The smallest absolute Gasteiger partial charge is 0.416 e. The number of Topliss-reactive ketones (excluding diaryl/α,β-unsaturated/α-hetero) is 1. The van der Waals surface area contributed by atoms with Crippen molar-refractivity contribution < 1.29 is 22.7 Å². The Hall–Kier alpha value is -4.20. The molecule has 4 aromatic rings. The van der Waals surface area contributed by atoms with Crippen LogP contribution in [0.2, 0.25) is 0 Å². The standard InChI is InChI=1S/C28H23F3N2O3/c1-36-23-9-5-8-21(18-23)24-14-15-27(35)33(32-24)25(16-19-6-3-2-4-7-19)26(34)17-20-10-12-22(13-11-20)28(29,30)31/h2-15,18,25H,16-17H2,1H3. The Kier molecular flexibility index (Phi) is 7.33. The van der Waals surface area contributed by atoms with E-state index in [2.05, 4.69) is 5.10 Å². The van der Waals surface area contributed by atoms with Crippen LogP contribution in [0.5, 0.6) is 5.75 Å². The van der Waals surface area contributed by atoms with Crippen LogP contribution in [-0.2, 0) is 23.8 Å². The predicted octanol–water partition coefficient (Wildman–Crippen LogP) is 5.53. The molecule has 0 spiro atoms. The molecule has 0 saturated heterocycles. The normalized spacial score (nSPS) is 12.2. The maximum atomic E-state index is 13.5. The van der Waals surface area contributed by atoms with E-state index in [1.54, 1.807) is 31.4 Å². The Morgan fingerprint density at radius 3 is 2.31 bits per heavy atom. The predicted molar refractivity (Wildman–Crippen MR) is 130 cm³/mol. The van der Waals surface area contributed by atoms with Crippen molar-refractivity contribution in [2.24, 2.45) is 0 Å². The van der Waals surface area contributed by atoms with Gasteiger partial charge in [-0.2, -0.15) is 18.3 Å². The third kappa shape index (κ3) is 5.89. The number of ether oxygens (including phenoxy) is 1. The molecule has 0 saturated carbocycles. The average molecular weight is 492 g/mol. The third-order valence-corrected chi connectivity index (χ3v) is 5.79. The molecule has 5 nitrogen and oxygen atoms in total. The van der Waals surface area contributed by atoms with Gasteiger partial charge >= 0.3 is 6.18 Å². The van der Waals surface area contributed by atoms with E-state index in [0.717, 1.165) is 22.4 Å². The van der Waals surface area contributed by atoms with Crippen molar-refractivity contribution in [1.82, 2.24) is 9.78 Å². The van der Waals surface area contributed by atoms with Crippen LogP contribution in [-0.4, -0.2) is 22.7 Å². The molecule has 1 aromatic heterocycles. The van der Waals surface area contributed by atoms with Gasteiger partial charge in [0.15, 0.2) is 5.78 Å². The van der Waals surface area contributed by atoms with E-state index < -0.39 is 23.3 Å². The first-order valence-corrected chi connectivity index (χ1v) is 11.2. The third-order valence-electron chi connectivity index (χ3n) is 5.79. The molecular weight excluding hydrogens is 469 g/mol. The lowest BCUT2D eigenvalue weighted by Crippen LogP contribution is -2.34. The first kappa shape index (κ1) is 24.9. The molecule has 4 rings (SSSR count). The highest BCUT2D eigenvalue weighted by Gasteiger charge is 2.30. The van der Waals surface area contributed by atoms with Crippen molar-refractivity contribution in [3.63, 3.8) is 0 Å². The molecule has 1 heterocycles. The Labute approximate surface area is 205 Å². The van der Waals surface area contributed by atoms with Crippen LogP contribution in [0.4, 0.5) is 13.2 Å². The van der Waals surface area contributed by atoms with Crippen LogP contribution < -0.4 is 10.3 Å². The summed E-state index contributed by atoms with van der Waals surface area (Å²) in [4.78, 5) is 26.3. The summed E-state index contributed by atoms with van der Waals surface area (Å²) < 4.78 is 45.2. The van der Waals surface area contributed by atoms with Gasteiger partial charge in [0.05, 0.1) is 18.4 Å². The van der Waals surface area contributed by atoms with Gasteiger partial charge < -0.3 is 4.74 Å². The number of hydrogen-bond donors (Lipinski definition) is 0. The highest BCUT2D eigenvalue weighted by Crippen LogP contribution is 2.29. The number of rotatable bonds is 8. The molecule has 1 atom stereocenters. The van der Waals surface area contributed by atoms with Crippen molar-refractivity contribution in [2.45, 2.75) is 25.1 Å². The fourth-order valence-electron chi connectivity index (χ4n) is 3.89. The fraction of sp³-hybridized carbons (Fsp3) is 0.179. The minimum absolute atomic E-state index is 0.146. The molecule has 0 bridgehead atoms. The number of halogens is 3. The zero-order chi connectivity index (χ0) is 25.7. The fourth-order valence-corrected chi connectivity index (χ4v) is 3.89. The molecule has 0 fully saturated rings. The Morgan fingerprint density at radius 2 is 1.64 bits per heavy atom. The topological polar surface area (TPSA) is 61.2 Å². The summed E-state index contributed by atoms with van der Waals surface area (Å²) in [6, 6.07) is 22.8. The van der Waals surface area contributed by atoms with E-state index >= 15 is 0 Å².